The summed E-state index contributed by atoms with van der Waals surface area (Å²) in [7, 11) is 0. The summed E-state index contributed by atoms with van der Waals surface area (Å²) < 4.78 is 5.10. The number of anilines is 1. The van der Waals surface area contributed by atoms with Crippen LogP contribution in [0.25, 0.3) is 0 Å². The molecule has 1 aliphatic rings. The van der Waals surface area contributed by atoms with Crippen molar-refractivity contribution in [1.29, 1.82) is 0 Å². The molecule has 0 fully saturated rings. The first-order valence-corrected chi connectivity index (χ1v) is 10.8. The summed E-state index contributed by atoms with van der Waals surface area (Å²) in [6.45, 7) is 2.62. The summed E-state index contributed by atoms with van der Waals surface area (Å²) in [4.78, 5) is 51.7. The van der Waals surface area contributed by atoms with Crippen LogP contribution >= 0.6 is 46.4 Å². The smallest absolute Gasteiger partial charge is 0.330 e. The van der Waals surface area contributed by atoms with E-state index in [1.165, 1.54) is 0 Å². The highest BCUT2D eigenvalue weighted by atomic mass is 35.5. The second-order valence-corrected chi connectivity index (χ2v) is 8.71. The normalized spacial score (nSPS) is 13.9. The third-order valence-electron chi connectivity index (χ3n) is 4.69. The Morgan fingerprint density at radius 3 is 1.88 bits per heavy atom. The number of carbonyl (C=O) groups is 4. The second kappa shape index (κ2) is 9.67. The highest BCUT2D eigenvalue weighted by Gasteiger charge is 2.48. The van der Waals surface area contributed by atoms with E-state index in [2.05, 4.69) is 5.32 Å². The van der Waals surface area contributed by atoms with Gasteiger partial charge in [0.05, 0.1) is 31.2 Å². The quantitative estimate of drug-likeness (QED) is 0.249. The average molecular weight is 518 g/mol. The number of ether oxygens (including phenoxy) is 1. The van der Waals surface area contributed by atoms with E-state index in [-0.39, 0.29) is 31.2 Å². The van der Waals surface area contributed by atoms with Crippen molar-refractivity contribution in [2.75, 3.05) is 11.9 Å². The number of benzene rings is 2. The molecule has 3 amide bonds. The molecule has 7 nitrogen and oxygen atoms in total. The number of nitrogens with one attached hydrogen (secondary N) is 1. The highest BCUT2D eigenvalue weighted by molar-refractivity contribution is 6.55. The van der Waals surface area contributed by atoms with Crippen molar-refractivity contribution in [1.82, 2.24) is 4.90 Å². The van der Waals surface area contributed by atoms with Crippen LogP contribution in [-0.4, -0.2) is 41.2 Å². The van der Waals surface area contributed by atoms with Crippen molar-refractivity contribution in [3.63, 3.8) is 0 Å². The molecular weight excluding hydrogens is 502 g/mol. The Hall–Kier alpha value is -2.32. The van der Waals surface area contributed by atoms with Gasteiger partial charge < -0.3 is 10.1 Å². The van der Waals surface area contributed by atoms with Gasteiger partial charge in [0.25, 0.3) is 17.7 Å². The van der Waals surface area contributed by atoms with Crippen LogP contribution in [0.1, 0.15) is 34.6 Å². The van der Waals surface area contributed by atoms with E-state index in [9.17, 15) is 19.2 Å². The van der Waals surface area contributed by atoms with Crippen LogP contribution in [0.15, 0.2) is 30.3 Å². The van der Waals surface area contributed by atoms with Crippen molar-refractivity contribution in [3.05, 3.63) is 61.5 Å². The Labute approximate surface area is 203 Å². The van der Waals surface area contributed by atoms with Gasteiger partial charge in [0.15, 0.2) is 6.61 Å². The number of halogens is 4. The zero-order valence-electron chi connectivity index (χ0n) is 16.7. The number of esters is 1. The molecule has 0 aromatic heterocycles. The Balaban J connectivity index is 1.82. The molecule has 0 aliphatic carbocycles. The largest absolute Gasteiger partial charge is 0.454 e. The number of imide groups is 1. The molecule has 168 valence electrons. The van der Waals surface area contributed by atoms with E-state index in [1.54, 1.807) is 44.2 Å². The van der Waals surface area contributed by atoms with Crippen LogP contribution in [0.4, 0.5) is 5.69 Å². The Bertz CT molecular complexity index is 1070. The third kappa shape index (κ3) is 4.43. The Kier molecular flexibility index (Phi) is 7.35. The second-order valence-electron chi connectivity index (χ2n) is 7.20. The number of fused-ring (bicyclic) bond motifs is 1. The summed E-state index contributed by atoms with van der Waals surface area (Å²) in [5.41, 5.74) is 0.0417. The molecule has 2 aromatic carbocycles. The minimum absolute atomic E-state index is 0.179. The van der Waals surface area contributed by atoms with Crippen LogP contribution in [0.2, 0.25) is 20.1 Å². The van der Waals surface area contributed by atoms with E-state index in [0.29, 0.717) is 10.6 Å². The average Bonchev–Trinajstić information content (AvgIpc) is 3.00. The first kappa shape index (κ1) is 24.3. The molecule has 0 bridgehead atoms. The molecule has 0 saturated carbocycles. The van der Waals surface area contributed by atoms with Crippen molar-refractivity contribution in [3.8, 4) is 0 Å². The summed E-state index contributed by atoms with van der Waals surface area (Å²) in [6, 6.07) is 7.24. The van der Waals surface area contributed by atoms with Gasteiger partial charge in [-0.25, -0.2) is 4.79 Å². The fourth-order valence-electron chi connectivity index (χ4n) is 3.24. The number of carbonyl (C=O) groups excluding carboxylic acids is 4. The topological polar surface area (TPSA) is 92.8 Å². The van der Waals surface area contributed by atoms with Crippen molar-refractivity contribution < 1.29 is 23.9 Å². The van der Waals surface area contributed by atoms with E-state index in [0.717, 1.165) is 0 Å². The van der Waals surface area contributed by atoms with Gasteiger partial charge in [0, 0.05) is 5.69 Å². The molecule has 0 radical (unpaired) electrons. The van der Waals surface area contributed by atoms with Crippen LogP contribution in [0, 0.1) is 5.92 Å². The first-order valence-electron chi connectivity index (χ1n) is 9.31. The SMILES string of the molecule is CC(C)[C@H](C(=O)OCC(=O)Nc1ccccc1)N1C(=O)c2c(Cl)c(Cl)c(Cl)c(Cl)c2C1=O. The van der Waals surface area contributed by atoms with Crippen LogP contribution in [-0.2, 0) is 14.3 Å². The van der Waals surface area contributed by atoms with Gasteiger partial charge in [-0.3, -0.25) is 19.3 Å². The lowest BCUT2D eigenvalue weighted by atomic mass is 10.0. The lowest BCUT2D eigenvalue weighted by molar-refractivity contribution is -0.152. The van der Waals surface area contributed by atoms with E-state index < -0.39 is 42.3 Å². The van der Waals surface area contributed by atoms with Crippen LogP contribution < -0.4 is 5.32 Å². The molecular formula is C21H16Cl4N2O5. The molecule has 0 spiro atoms. The standard InChI is InChI=1S/C21H16Cl4N2O5/c1-9(2)18(21(31)32-8-11(28)26-10-6-4-3-5-7-10)27-19(29)12-13(20(27)30)15(23)17(25)16(24)14(12)22/h3-7,9,18H,8H2,1-2H3,(H,26,28)/t18-/m1/s1. The van der Waals surface area contributed by atoms with Crippen molar-refractivity contribution >= 4 is 75.8 Å². The number of amides is 3. The summed E-state index contributed by atoms with van der Waals surface area (Å²) in [6.07, 6.45) is 0. The predicted molar refractivity (Wildman–Crippen MR) is 122 cm³/mol. The van der Waals surface area contributed by atoms with Crippen LogP contribution in [0.3, 0.4) is 0 Å². The van der Waals surface area contributed by atoms with Gasteiger partial charge in [-0.1, -0.05) is 78.5 Å². The van der Waals surface area contributed by atoms with Crippen LogP contribution in [0.5, 0.6) is 0 Å². The summed E-state index contributed by atoms with van der Waals surface area (Å²) >= 11 is 24.3. The van der Waals surface area contributed by atoms with E-state index >= 15 is 0 Å². The zero-order chi connectivity index (χ0) is 23.7. The fourth-order valence-corrected chi connectivity index (χ4v) is 4.25. The third-order valence-corrected chi connectivity index (χ3v) is 6.49. The lowest BCUT2D eigenvalue weighted by Gasteiger charge is -2.27. The maximum Gasteiger partial charge on any atom is 0.330 e. The fraction of sp³-hybridized carbons (Fsp3) is 0.238. The highest BCUT2D eigenvalue weighted by Crippen LogP contribution is 2.45. The minimum Gasteiger partial charge on any atom is -0.454 e. The van der Waals surface area contributed by atoms with Gasteiger partial charge in [-0.15, -0.1) is 0 Å². The molecule has 2 aromatic rings. The Morgan fingerprint density at radius 2 is 1.41 bits per heavy atom. The number of nitrogens with zero attached hydrogens (tertiary/aromatic N) is 1. The van der Waals surface area contributed by atoms with E-state index in [1.807, 2.05) is 0 Å². The summed E-state index contributed by atoms with van der Waals surface area (Å²) in [5.74, 6) is -3.80. The molecule has 1 aliphatic heterocycles. The molecule has 1 heterocycles. The van der Waals surface area contributed by atoms with Gasteiger partial charge in [0.1, 0.15) is 6.04 Å². The van der Waals surface area contributed by atoms with E-state index in [4.69, 9.17) is 51.1 Å². The maximum absolute atomic E-state index is 13.0. The summed E-state index contributed by atoms with van der Waals surface area (Å²) in [5, 5.41) is 1.73. The minimum atomic E-state index is -1.34. The number of hydrogen-bond donors (Lipinski definition) is 1. The molecule has 32 heavy (non-hydrogen) atoms. The van der Waals surface area contributed by atoms with Crippen molar-refractivity contribution in [2.45, 2.75) is 19.9 Å². The number of hydrogen-bond acceptors (Lipinski definition) is 5. The van der Waals surface area contributed by atoms with Gasteiger partial charge in [-0.05, 0) is 18.1 Å². The molecule has 0 unspecified atom stereocenters. The molecule has 11 heteroatoms. The van der Waals surface area contributed by atoms with Gasteiger partial charge in [0.2, 0.25) is 0 Å². The molecule has 0 saturated heterocycles. The first-order chi connectivity index (χ1) is 15.1. The monoisotopic (exact) mass is 516 g/mol. The molecule has 1 atom stereocenters. The number of rotatable bonds is 6. The van der Waals surface area contributed by atoms with Gasteiger partial charge in [-0.2, -0.15) is 0 Å². The molecule has 1 N–H and O–H groups in total. The number of para-hydroxylation sites is 1. The lowest BCUT2D eigenvalue weighted by Crippen LogP contribution is -2.49. The van der Waals surface area contributed by atoms with Gasteiger partial charge >= 0.3 is 5.97 Å². The molecule has 3 rings (SSSR count). The predicted octanol–water partition coefficient (Wildman–Crippen LogP) is 5.10. The maximum atomic E-state index is 13.0. The Morgan fingerprint density at radius 1 is 0.906 bits per heavy atom. The zero-order valence-corrected chi connectivity index (χ0v) is 19.8. The van der Waals surface area contributed by atoms with Crippen molar-refractivity contribution in [2.24, 2.45) is 5.92 Å².